The summed E-state index contributed by atoms with van der Waals surface area (Å²) in [5.74, 6) is -2.86. The quantitative estimate of drug-likeness (QED) is 0.281. The molecule has 2 saturated heterocycles. The van der Waals surface area contributed by atoms with Crippen LogP contribution in [0.2, 0.25) is 0 Å². The molecule has 3 aromatic carbocycles. The number of benzene rings is 3. The van der Waals surface area contributed by atoms with E-state index in [1.165, 1.54) is 11.8 Å². The van der Waals surface area contributed by atoms with Crippen LogP contribution in [0.3, 0.4) is 0 Å². The Bertz CT molecular complexity index is 1720. The summed E-state index contributed by atoms with van der Waals surface area (Å²) in [6.07, 6.45) is 2.39. The number of fused-ring (bicyclic) bond motifs is 5. The fourth-order valence-electron chi connectivity index (χ4n) is 6.73. The van der Waals surface area contributed by atoms with Gasteiger partial charge >= 0.3 is 0 Å². The molecule has 1 spiro atoms. The SMILES string of the molecule is CC(=O)c1ccc(N2C(=O)[C@H]3[C@@H](C2=O)[C@]2(N[C@@H]3Cc3c[nH]c4ccccc34)C(=O)Nc3ccc(C)cc32)cc1. The number of ketones is 1. The van der Waals surface area contributed by atoms with Crippen LogP contribution in [0.4, 0.5) is 11.4 Å². The number of anilines is 2. The third-order valence-corrected chi connectivity index (χ3v) is 8.52. The number of aromatic nitrogens is 1. The van der Waals surface area contributed by atoms with E-state index < -0.39 is 29.3 Å². The molecule has 4 heterocycles. The first-order valence-corrected chi connectivity index (χ1v) is 13.0. The Labute approximate surface area is 224 Å². The van der Waals surface area contributed by atoms with E-state index in [9.17, 15) is 19.2 Å². The summed E-state index contributed by atoms with van der Waals surface area (Å²) >= 11 is 0. The number of Topliss-reactive ketones (excluding diaryl/α,β-unsaturated/α-hetero) is 1. The minimum Gasteiger partial charge on any atom is -0.361 e. The first-order chi connectivity index (χ1) is 18.8. The van der Waals surface area contributed by atoms with Crippen molar-refractivity contribution in [1.29, 1.82) is 0 Å². The zero-order chi connectivity index (χ0) is 27.1. The van der Waals surface area contributed by atoms with E-state index in [1.807, 2.05) is 55.6 Å². The molecule has 3 aliphatic heterocycles. The topological polar surface area (TPSA) is 111 Å². The van der Waals surface area contributed by atoms with Gasteiger partial charge in [0, 0.05) is 40.0 Å². The number of carbonyl (C=O) groups excluding carboxylic acids is 4. The molecule has 39 heavy (non-hydrogen) atoms. The number of amides is 3. The lowest BCUT2D eigenvalue weighted by Crippen LogP contribution is -2.53. The Balaban J connectivity index is 1.36. The van der Waals surface area contributed by atoms with E-state index in [1.54, 1.807) is 24.3 Å². The first-order valence-electron chi connectivity index (χ1n) is 13.0. The maximum atomic E-state index is 14.2. The molecule has 0 saturated carbocycles. The molecule has 4 aromatic rings. The number of nitrogens with one attached hydrogen (secondary N) is 3. The fraction of sp³-hybridized carbons (Fsp3) is 0.226. The first kappa shape index (κ1) is 23.5. The monoisotopic (exact) mass is 518 g/mol. The van der Waals surface area contributed by atoms with Crippen molar-refractivity contribution < 1.29 is 19.2 Å². The molecule has 7 rings (SSSR count). The molecule has 3 N–H and O–H groups in total. The summed E-state index contributed by atoms with van der Waals surface area (Å²) in [6, 6.07) is 19.6. The van der Waals surface area contributed by atoms with Gasteiger partial charge in [0.15, 0.2) is 5.78 Å². The van der Waals surface area contributed by atoms with Gasteiger partial charge in [-0.1, -0.05) is 35.9 Å². The van der Waals surface area contributed by atoms with Gasteiger partial charge < -0.3 is 10.3 Å². The molecule has 194 valence electrons. The van der Waals surface area contributed by atoms with Crippen molar-refractivity contribution in [3.63, 3.8) is 0 Å². The number of rotatable bonds is 4. The van der Waals surface area contributed by atoms with Crippen LogP contribution in [-0.4, -0.2) is 34.5 Å². The highest BCUT2D eigenvalue weighted by atomic mass is 16.2. The molecule has 8 nitrogen and oxygen atoms in total. The van der Waals surface area contributed by atoms with Gasteiger partial charge in [-0.3, -0.25) is 24.5 Å². The van der Waals surface area contributed by atoms with Crippen LogP contribution in [0.15, 0.2) is 72.9 Å². The number of nitrogens with zero attached hydrogens (tertiary/aromatic N) is 1. The maximum absolute atomic E-state index is 14.2. The summed E-state index contributed by atoms with van der Waals surface area (Å²) < 4.78 is 0. The average molecular weight is 519 g/mol. The number of aromatic amines is 1. The van der Waals surface area contributed by atoms with E-state index in [-0.39, 0.29) is 17.6 Å². The van der Waals surface area contributed by atoms with Gasteiger partial charge in [0.2, 0.25) is 17.7 Å². The number of hydrogen-bond donors (Lipinski definition) is 3. The molecule has 0 aliphatic carbocycles. The zero-order valence-corrected chi connectivity index (χ0v) is 21.4. The Morgan fingerprint density at radius 2 is 1.74 bits per heavy atom. The molecule has 4 atom stereocenters. The van der Waals surface area contributed by atoms with Crippen LogP contribution >= 0.6 is 0 Å². The molecule has 8 heteroatoms. The number of imide groups is 1. The number of para-hydroxylation sites is 1. The van der Waals surface area contributed by atoms with Crippen molar-refractivity contribution in [3.8, 4) is 0 Å². The van der Waals surface area contributed by atoms with Gasteiger partial charge in [-0.25, -0.2) is 4.90 Å². The number of aryl methyl sites for hydroxylation is 1. The lowest BCUT2D eigenvalue weighted by molar-refractivity contribution is -0.130. The third kappa shape index (κ3) is 3.21. The van der Waals surface area contributed by atoms with Crippen LogP contribution in [0.25, 0.3) is 10.9 Å². The predicted molar refractivity (Wildman–Crippen MR) is 146 cm³/mol. The van der Waals surface area contributed by atoms with Gasteiger partial charge in [0.1, 0.15) is 5.54 Å². The molecular weight excluding hydrogens is 492 g/mol. The summed E-state index contributed by atoms with van der Waals surface area (Å²) in [5.41, 5.74) is 3.80. The lowest BCUT2D eigenvalue weighted by atomic mass is 9.76. The van der Waals surface area contributed by atoms with Gasteiger partial charge in [-0.05, 0) is 62.2 Å². The molecule has 3 amide bonds. The summed E-state index contributed by atoms with van der Waals surface area (Å²) in [4.78, 5) is 58.4. The minimum absolute atomic E-state index is 0.103. The maximum Gasteiger partial charge on any atom is 0.250 e. The van der Waals surface area contributed by atoms with Gasteiger partial charge in [0.05, 0.1) is 17.5 Å². The second-order valence-corrected chi connectivity index (χ2v) is 10.7. The molecule has 1 aromatic heterocycles. The molecule has 0 bridgehead atoms. The second kappa shape index (κ2) is 8.22. The van der Waals surface area contributed by atoms with Crippen LogP contribution < -0.4 is 15.5 Å². The Morgan fingerprint density at radius 3 is 2.51 bits per heavy atom. The molecule has 0 unspecified atom stereocenters. The predicted octanol–water partition coefficient (Wildman–Crippen LogP) is 3.85. The van der Waals surface area contributed by atoms with E-state index in [2.05, 4.69) is 15.6 Å². The molecular formula is C31H26N4O4. The summed E-state index contributed by atoms with van der Waals surface area (Å²) in [5, 5.41) is 7.52. The van der Waals surface area contributed by atoms with Crippen molar-refractivity contribution in [2.45, 2.75) is 31.8 Å². The standard InChI is InChI=1S/C31H26N4O4/c1-16-7-12-24-22(13-16)31(30(39)33-24)27-26(25(34-31)14-19-15-32-23-6-4-3-5-21(19)23)28(37)35(29(27)38)20-10-8-18(9-11-20)17(2)36/h3-13,15,25-27,32,34H,14H2,1-2H3,(H,33,39)/t25-,26-,27+,31+/m1/s1. The van der Waals surface area contributed by atoms with Crippen molar-refractivity contribution in [2.24, 2.45) is 11.8 Å². The van der Waals surface area contributed by atoms with Gasteiger partial charge in [-0.2, -0.15) is 0 Å². The fourth-order valence-corrected chi connectivity index (χ4v) is 6.73. The average Bonchev–Trinajstić information content (AvgIpc) is 3.63. The van der Waals surface area contributed by atoms with Crippen LogP contribution in [0.1, 0.15) is 34.0 Å². The Hall–Kier alpha value is -4.56. The number of carbonyl (C=O) groups is 4. The van der Waals surface area contributed by atoms with Crippen LogP contribution in [0, 0.1) is 18.8 Å². The van der Waals surface area contributed by atoms with Crippen molar-refractivity contribution >= 4 is 45.8 Å². The second-order valence-electron chi connectivity index (χ2n) is 10.7. The Morgan fingerprint density at radius 1 is 0.974 bits per heavy atom. The molecule has 0 radical (unpaired) electrons. The van der Waals surface area contributed by atoms with Gasteiger partial charge in [0.25, 0.3) is 0 Å². The molecule has 3 aliphatic rings. The largest absolute Gasteiger partial charge is 0.361 e. The van der Waals surface area contributed by atoms with Crippen LogP contribution in [-0.2, 0) is 26.3 Å². The smallest absolute Gasteiger partial charge is 0.250 e. The zero-order valence-electron chi connectivity index (χ0n) is 21.4. The highest BCUT2D eigenvalue weighted by Crippen LogP contribution is 2.54. The number of H-pyrrole nitrogens is 1. The minimum atomic E-state index is -1.37. The van der Waals surface area contributed by atoms with Crippen molar-refractivity contribution in [2.75, 3.05) is 10.2 Å². The molecule has 2 fully saturated rings. The normalized spacial score (nSPS) is 25.4. The van der Waals surface area contributed by atoms with E-state index >= 15 is 0 Å². The van der Waals surface area contributed by atoms with Crippen molar-refractivity contribution in [1.82, 2.24) is 10.3 Å². The van der Waals surface area contributed by atoms with Crippen LogP contribution in [0.5, 0.6) is 0 Å². The number of hydrogen-bond acceptors (Lipinski definition) is 5. The summed E-state index contributed by atoms with van der Waals surface area (Å²) in [6.45, 7) is 3.41. The van der Waals surface area contributed by atoms with E-state index in [4.69, 9.17) is 0 Å². The highest BCUT2D eigenvalue weighted by molar-refractivity contribution is 6.26. The third-order valence-electron chi connectivity index (χ3n) is 8.52. The highest BCUT2D eigenvalue weighted by Gasteiger charge is 2.70. The Kier molecular flexibility index (Phi) is 4.96. The van der Waals surface area contributed by atoms with Crippen molar-refractivity contribution in [3.05, 3.63) is 95.2 Å². The lowest BCUT2D eigenvalue weighted by Gasteiger charge is -2.29. The summed E-state index contributed by atoms with van der Waals surface area (Å²) in [7, 11) is 0. The van der Waals surface area contributed by atoms with Gasteiger partial charge in [-0.15, -0.1) is 0 Å². The van der Waals surface area contributed by atoms with E-state index in [0.29, 0.717) is 28.9 Å². The van der Waals surface area contributed by atoms with E-state index in [0.717, 1.165) is 22.0 Å².